The van der Waals surface area contributed by atoms with Gasteiger partial charge in [-0.15, -0.1) is 0 Å². The van der Waals surface area contributed by atoms with Crippen molar-refractivity contribution in [1.82, 2.24) is 10.3 Å². The van der Waals surface area contributed by atoms with Crippen LogP contribution in [0.2, 0.25) is 0 Å². The van der Waals surface area contributed by atoms with Crippen molar-refractivity contribution in [2.45, 2.75) is 33.3 Å². The van der Waals surface area contributed by atoms with Crippen LogP contribution in [0, 0.1) is 12.8 Å². The highest BCUT2D eigenvalue weighted by molar-refractivity contribution is 5.87. The standard InChI is InChI=1S/C21H24N2O2/c1-14(2)9-10-19(24)23-13-17-12-16-7-4-8-18(21(16)25-17)20-15(3)6-5-11-22-20/h4-11,14,17H,12-13H2,1-3H3,(H,23,24). The third-order valence-electron chi connectivity index (χ3n) is 4.23. The zero-order chi connectivity index (χ0) is 17.8. The molecule has 0 radical (unpaired) electrons. The van der Waals surface area contributed by atoms with Crippen LogP contribution in [-0.4, -0.2) is 23.5 Å². The van der Waals surface area contributed by atoms with Crippen LogP contribution in [0.3, 0.4) is 0 Å². The quantitative estimate of drug-likeness (QED) is 0.847. The maximum absolute atomic E-state index is 11.8. The molecule has 1 aromatic heterocycles. The normalized spacial score (nSPS) is 16.1. The number of nitrogens with zero attached hydrogens (tertiary/aromatic N) is 1. The van der Waals surface area contributed by atoms with E-state index in [9.17, 15) is 4.79 Å². The first kappa shape index (κ1) is 17.2. The van der Waals surface area contributed by atoms with E-state index in [-0.39, 0.29) is 12.0 Å². The number of para-hydroxylation sites is 1. The molecule has 0 spiro atoms. The van der Waals surface area contributed by atoms with Gasteiger partial charge >= 0.3 is 0 Å². The second kappa shape index (κ2) is 7.51. The van der Waals surface area contributed by atoms with Crippen molar-refractivity contribution >= 4 is 5.91 Å². The maximum Gasteiger partial charge on any atom is 0.243 e. The molecule has 1 aliphatic heterocycles. The summed E-state index contributed by atoms with van der Waals surface area (Å²) in [5.74, 6) is 1.18. The first-order chi connectivity index (χ1) is 12.0. The number of pyridine rings is 1. The van der Waals surface area contributed by atoms with Crippen LogP contribution in [0.25, 0.3) is 11.3 Å². The number of hydrogen-bond acceptors (Lipinski definition) is 3. The Kier molecular flexibility index (Phi) is 5.17. The summed E-state index contributed by atoms with van der Waals surface area (Å²) >= 11 is 0. The highest BCUT2D eigenvalue weighted by Gasteiger charge is 2.26. The minimum absolute atomic E-state index is 0.0448. The summed E-state index contributed by atoms with van der Waals surface area (Å²) < 4.78 is 6.14. The molecule has 2 aromatic rings. The lowest BCUT2D eigenvalue weighted by atomic mass is 10.0. The van der Waals surface area contributed by atoms with Crippen molar-refractivity contribution in [1.29, 1.82) is 0 Å². The Bertz CT molecular complexity index is 796. The molecule has 1 unspecified atom stereocenters. The Morgan fingerprint density at radius 3 is 2.96 bits per heavy atom. The van der Waals surface area contributed by atoms with Crippen LogP contribution in [0.15, 0.2) is 48.7 Å². The number of benzene rings is 1. The van der Waals surface area contributed by atoms with Crippen LogP contribution < -0.4 is 10.1 Å². The SMILES string of the molecule is Cc1cccnc1-c1cccc2c1OC(CNC(=O)C=CC(C)C)C2. The monoisotopic (exact) mass is 336 g/mol. The molecule has 1 aromatic carbocycles. The van der Waals surface area contributed by atoms with E-state index in [0.717, 1.165) is 29.0 Å². The Hall–Kier alpha value is -2.62. The largest absolute Gasteiger partial charge is 0.487 e. The molecule has 25 heavy (non-hydrogen) atoms. The van der Waals surface area contributed by atoms with Crippen LogP contribution in [0.4, 0.5) is 0 Å². The third kappa shape index (κ3) is 4.08. The molecule has 1 aliphatic rings. The number of ether oxygens (including phenoxy) is 1. The summed E-state index contributed by atoms with van der Waals surface area (Å²) in [6.07, 6.45) is 6.03. The van der Waals surface area contributed by atoms with Crippen molar-refractivity contribution < 1.29 is 9.53 Å². The molecule has 0 fully saturated rings. The van der Waals surface area contributed by atoms with Gasteiger partial charge in [-0.1, -0.05) is 38.1 Å². The first-order valence-electron chi connectivity index (χ1n) is 8.71. The fraction of sp³-hybridized carbons (Fsp3) is 0.333. The van der Waals surface area contributed by atoms with Gasteiger partial charge in [0, 0.05) is 18.2 Å². The molecule has 3 rings (SSSR count). The number of carbonyl (C=O) groups is 1. The topological polar surface area (TPSA) is 51.2 Å². The van der Waals surface area contributed by atoms with Gasteiger partial charge in [0.1, 0.15) is 11.9 Å². The van der Waals surface area contributed by atoms with E-state index < -0.39 is 0 Å². The Morgan fingerprint density at radius 2 is 2.20 bits per heavy atom. The molecular formula is C21H24N2O2. The molecule has 2 heterocycles. The van der Waals surface area contributed by atoms with Crippen molar-refractivity contribution in [2.75, 3.05) is 6.54 Å². The zero-order valence-corrected chi connectivity index (χ0v) is 15.0. The minimum atomic E-state index is -0.0750. The smallest absolute Gasteiger partial charge is 0.243 e. The predicted molar refractivity (Wildman–Crippen MR) is 99.5 cm³/mol. The summed E-state index contributed by atoms with van der Waals surface area (Å²) in [5.41, 5.74) is 4.25. The van der Waals surface area contributed by atoms with E-state index in [4.69, 9.17) is 4.74 Å². The second-order valence-corrected chi connectivity index (χ2v) is 6.75. The van der Waals surface area contributed by atoms with Gasteiger partial charge in [-0.25, -0.2) is 0 Å². The van der Waals surface area contributed by atoms with Gasteiger partial charge < -0.3 is 10.1 Å². The van der Waals surface area contributed by atoms with Gasteiger partial charge in [-0.3, -0.25) is 9.78 Å². The molecule has 0 bridgehead atoms. The van der Waals surface area contributed by atoms with Crippen LogP contribution in [0.5, 0.6) is 5.75 Å². The summed E-state index contributed by atoms with van der Waals surface area (Å²) in [4.78, 5) is 16.4. The number of fused-ring (bicyclic) bond motifs is 1. The average Bonchev–Trinajstić information content (AvgIpc) is 3.02. The lowest BCUT2D eigenvalue weighted by Crippen LogP contribution is -2.33. The predicted octanol–water partition coefficient (Wildman–Crippen LogP) is 3.69. The number of hydrogen-bond donors (Lipinski definition) is 1. The van der Waals surface area contributed by atoms with Crippen LogP contribution in [-0.2, 0) is 11.2 Å². The van der Waals surface area contributed by atoms with E-state index >= 15 is 0 Å². The number of rotatable bonds is 5. The zero-order valence-electron chi connectivity index (χ0n) is 15.0. The second-order valence-electron chi connectivity index (χ2n) is 6.75. The van der Waals surface area contributed by atoms with E-state index in [1.165, 1.54) is 5.56 Å². The van der Waals surface area contributed by atoms with Crippen molar-refractivity contribution in [3.63, 3.8) is 0 Å². The molecule has 1 atom stereocenters. The number of allylic oxidation sites excluding steroid dienone is 1. The lowest BCUT2D eigenvalue weighted by molar-refractivity contribution is -0.116. The molecule has 0 saturated heterocycles. The first-order valence-corrected chi connectivity index (χ1v) is 8.71. The molecule has 1 N–H and O–H groups in total. The molecule has 1 amide bonds. The van der Waals surface area contributed by atoms with Crippen molar-refractivity contribution in [3.05, 3.63) is 59.8 Å². The fourth-order valence-corrected chi connectivity index (χ4v) is 2.96. The third-order valence-corrected chi connectivity index (χ3v) is 4.23. The summed E-state index contributed by atoms with van der Waals surface area (Å²) in [5, 5.41) is 2.92. The molecule has 4 heteroatoms. The van der Waals surface area contributed by atoms with Crippen LogP contribution in [0.1, 0.15) is 25.0 Å². The van der Waals surface area contributed by atoms with Crippen LogP contribution >= 0.6 is 0 Å². The number of aromatic nitrogens is 1. The van der Waals surface area contributed by atoms with Gasteiger partial charge in [0.05, 0.1) is 12.2 Å². The fourth-order valence-electron chi connectivity index (χ4n) is 2.96. The number of nitrogens with one attached hydrogen (secondary N) is 1. The van der Waals surface area contributed by atoms with E-state index in [1.54, 1.807) is 12.3 Å². The Morgan fingerprint density at radius 1 is 1.36 bits per heavy atom. The van der Waals surface area contributed by atoms with Gasteiger partial charge in [0.15, 0.2) is 0 Å². The average molecular weight is 336 g/mol. The molecule has 130 valence electrons. The van der Waals surface area contributed by atoms with Gasteiger partial charge in [0.2, 0.25) is 5.91 Å². The molecule has 4 nitrogen and oxygen atoms in total. The Balaban J connectivity index is 1.70. The van der Waals surface area contributed by atoms with Gasteiger partial charge in [-0.05, 0) is 42.2 Å². The maximum atomic E-state index is 11.8. The van der Waals surface area contributed by atoms with Gasteiger partial charge in [-0.2, -0.15) is 0 Å². The molecule has 0 aliphatic carbocycles. The number of amides is 1. The highest BCUT2D eigenvalue weighted by atomic mass is 16.5. The summed E-state index contributed by atoms with van der Waals surface area (Å²) in [6, 6.07) is 10.2. The number of carbonyl (C=O) groups excluding carboxylic acids is 1. The van der Waals surface area contributed by atoms with E-state index in [2.05, 4.69) is 29.4 Å². The van der Waals surface area contributed by atoms with Crippen molar-refractivity contribution in [3.8, 4) is 17.0 Å². The number of aryl methyl sites for hydroxylation is 1. The lowest BCUT2D eigenvalue weighted by Gasteiger charge is -2.13. The minimum Gasteiger partial charge on any atom is -0.487 e. The van der Waals surface area contributed by atoms with Crippen molar-refractivity contribution in [2.24, 2.45) is 5.92 Å². The summed E-state index contributed by atoms with van der Waals surface area (Å²) in [7, 11) is 0. The highest BCUT2D eigenvalue weighted by Crippen LogP contribution is 2.38. The molecular weight excluding hydrogens is 312 g/mol. The van der Waals surface area contributed by atoms with E-state index in [1.807, 2.05) is 38.1 Å². The molecule has 0 saturated carbocycles. The van der Waals surface area contributed by atoms with Gasteiger partial charge in [0.25, 0.3) is 0 Å². The Labute approximate surface area is 148 Å². The summed E-state index contributed by atoms with van der Waals surface area (Å²) in [6.45, 7) is 6.63. The van der Waals surface area contributed by atoms with E-state index in [0.29, 0.717) is 12.5 Å².